The molecule has 0 saturated carbocycles. The molecule has 18 heavy (non-hydrogen) atoms. The Balaban J connectivity index is 2.22. The minimum Gasteiger partial charge on any atom is -0.439 e. The van der Waals surface area contributed by atoms with Crippen LogP contribution in [0.25, 0.3) is 0 Å². The third-order valence-electron chi connectivity index (χ3n) is 2.12. The Hall–Kier alpha value is -2.24. The third kappa shape index (κ3) is 2.91. The fraction of sp³-hybridized carbons (Fsp3) is 0.0833. The molecule has 0 saturated heterocycles. The second-order valence-corrected chi connectivity index (χ2v) is 3.53. The number of halogens is 3. The van der Waals surface area contributed by atoms with Gasteiger partial charge in [-0.15, -0.1) is 0 Å². The average Bonchev–Trinajstić information content (AvgIpc) is 2.31. The number of ether oxygens (including phenoxy) is 1. The van der Waals surface area contributed by atoms with Crippen molar-refractivity contribution in [3.8, 4) is 11.6 Å². The Bertz CT molecular complexity index is 538. The SMILES string of the molecule is Nc1ccc(Oc2cccc(C(F)(F)F)n2)cc1. The maximum Gasteiger partial charge on any atom is 0.433 e. The zero-order valence-corrected chi connectivity index (χ0v) is 9.11. The molecule has 1 heterocycles. The zero-order valence-electron chi connectivity index (χ0n) is 9.11. The van der Waals surface area contributed by atoms with Gasteiger partial charge in [0.25, 0.3) is 0 Å². The summed E-state index contributed by atoms with van der Waals surface area (Å²) >= 11 is 0. The molecule has 6 heteroatoms. The molecule has 0 bridgehead atoms. The first-order valence-electron chi connectivity index (χ1n) is 5.03. The summed E-state index contributed by atoms with van der Waals surface area (Å²) in [5, 5.41) is 0. The molecule has 0 atom stereocenters. The number of benzene rings is 1. The van der Waals surface area contributed by atoms with Crippen LogP contribution < -0.4 is 10.5 Å². The molecule has 1 aromatic heterocycles. The number of alkyl halides is 3. The first-order chi connectivity index (χ1) is 8.45. The summed E-state index contributed by atoms with van der Waals surface area (Å²) in [5.41, 5.74) is 5.03. The summed E-state index contributed by atoms with van der Waals surface area (Å²) < 4.78 is 42.5. The lowest BCUT2D eigenvalue weighted by atomic mass is 10.3. The predicted octanol–water partition coefficient (Wildman–Crippen LogP) is 3.47. The number of pyridine rings is 1. The maximum absolute atomic E-state index is 12.4. The van der Waals surface area contributed by atoms with Crippen LogP contribution in [0.5, 0.6) is 11.6 Å². The number of nitrogen functional groups attached to an aromatic ring is 1. The van der Waals surface area contributed by atoms with Gasteiger partial charge in [-0.25, -0.2) is 4.98 Å². The highest BCUT2D eigenvalue weighted by molar-refractivity contribution is 5.42. The highest BCUT2D eigenvalue weighted by Gasteiger charge is 2.32. The van der Waals surface area contributed by atoms with E-state index >= 15 is 0 Å². The molecule has 0 fully saturated rings. The summed E-state index contributed by atoms with van der Waals surface area (Å²) in [6, 6.07) is 9.75. The molecule has 3 nitrogen and oxygen atoms in total. The quantitative estimate of drug-likeness (QED) is 0.834. The largest absolute Gasteiger partial charge is 0.439 e. The lowest BCUT2D eigenvalue weighted by Gasteiger charge is -2.08. The summed E-state index contributed by atoms with van der Waals surface area (Å²) in [6.45, 7) is 0. The van der Waals surface area contributed by atoms with E-state index in [1.165, 1.54) is 12.1 Å². The summed E-state index contributed by atoms with van der Waals surface area (Å²) in [4.78, 5) is 3.38. The Morgan fingerprint density at radius 2 is 1.67 bits per heavy atom. The van der Waals surface area contributed by atoms with Crippen LogP contribution in [0, 0.1) is 0 Å². The van der Waals surface area contributed by atoms with Crippen LogP contribution in [0.4, 0.5) is 18.9 Å². The van der Waals surface area contributed by atoms with Crippen LogP contribution in [-0.2, 0) is 6.18 Å². The lowest BCUT2D eigenvalue weighted by Crippen LogP contribution is -2.07. The second-order valence-electron chi connectivity index (χ2n) is 3.53. The Morgan fingerprint density at radius 3 is 2.28 bits per heavy atom. The van der Waals surface area contributed by atoms with E-state index < -0.39 is 11.9 Å². The van der Waals surface area contributed by atoms with Gasteiger partial charge < -0.3 is 10.5 Å². The Kier molecular flexibility index (Phi) is 3.10. The third-order valence-corrected chi connectivity index (χ3v) is 2.12. The van der Waals surface area contributed by atoms with Crippen molar-refractivity contribution in [2.24, 2.45) is 0 Å². The van der Waals surface area contributed by atoms with E-state index in [-0.39, 0.29) is 5.88 Å². The molecule has 94 valence electrons. The van der Waals surface area contributed by atoms with Crippen molar-refractivity contribution in [2.75, 3.05) is 5.73 Å². The summed E-state index contributed by atoms with van der Waals surface area (Å²) in [7, 11) is 0. The van der Waals surface area contributed by atoms with Crippen molar-refractivity contribution in [1.29, 1.82) is 0 Å². The van der Waals surface area contributed by atoms with E-state index in [4.69, 9.17) is 10.5 Å². The Labute approximate surface area is 101 Å². The van der Waals surface area contributed by atoms with E-state index in [9.17, 15) is 13.2 Å². The van der Waals surface area contributed by atoms with Crippen LogP contribution in [0.15, 0.2) is 42.5 Å². The van der Waals surface area contributed by atoms with Gasteiger partial charge in [0.2, 0.25) is 5.88 Å². The van der Waals surface area contributed by atoms with Crippen molar-refractivity contribution >= 4 is 5.69 Å². The molecule has 0 aliphatic carbocycles. The number of aromatic nitrogens is 1. The van der Waals surface area contributed by atoms with Gasteiger partial charge in [-0.3, -0.25) is 0 Å². The van der Waals surface area contributed by atoms with Gasteiger partial charge in [-0.05, 0) is 30.3 Å². The molecule has 0 unspecified atom stereocenters. The van der Waals surface area contributed by atoms with Crippen molar-refractivity contribution in [3.63, 3.8) is 0 Å². The monoisotopic (exact) mass is 254 g/mol. The molecule has 0 amide bonds. The molecular formula is C12H9F3N2O. The van der Waals surface area contributed by atoms with Crippen molar-refractivity contribution < 1.29 is 17.9 Å². The van der Waals surface area contributed by atoms with Crippen LogP contribution in [-0.4, -0.2) is 4.98 Å². The summed E-state index contributed by atoms with van der Waals surface area (Å²) in [6.07, 6.45) is -4.49. The molecule has 2 N–H and O–H groups in total. The average molecular weight is 254 g/mol. The van der Waals surface area contributed by atoms with Crippen molar-refractivity contribution in [3.05, 3.63) is 48.2 Å². The molecule has 2 rings (SSSR count). The van der Waals surface area contributed by atoms with Crippen LogP contribution >= 0.6 is 0 Å². The molecular weight excluding hydrogens is 245 g/mol. The van der Waals surface area contributed by atoms with Crippen LogP contribution in [0.3, 0.4) is 0 Å². The number of hydrogen-bond donors (Lipinski definition) is 1. The fourth-order valence-corrected chi connectivity index (χ4v) is 1.29. The Morgan fingerprint density at radius 1 is 1.00 bits per heavy atom. The predicted molar refractivity (Wildman–Crippen MR) is 60.2 cm³/mol. The van der Waals surface area contributed by atoms with E-state index in [0.717, 1.165) is 6.07 Å². The second kappa shape index (κ2) is 4.56. The normalized spacial score (nSPS) is 11.3. The zero-order chi connectivity index (χ0) is 13.2. The van der Waals surface area contributed by atoms with E-state index in [1.54, 1.807) is 24.3 Å². The molecule has 1 aromatic carbocycles. The van der Waals surface area contributed by atoms with Gasteiger partial charge >= 0.3 is 6.18 Å². The van der Waals surface area contributed by atoms with Gasteiger partial charge in [-0.2, -0.15) is 13.2 Å². The van der Waals surface area contributed by atoms with Crippen LogP contribution in [0.2, 0.25) is 0 Å². The smallest absolute Gasteiger partial charge is 0.433 e. The standard InChI is InChI=1S/C12H9F3N2O/c13-12(14,15)10-2-1-3-11(17-10)18-9-6-4-8(16)5-7-9/h1-7H,16H2. The highest BCUT2D eigenvalue weighted by Crippen LogP contribution is 2.29. The number of nitrogens with two attached hydrogens (primary N) is 1. The first kappa shape index (κ1) is 12.2. The molecule has 0 radical (unpaired) electrons. The minimum atomic E-state index is -4.49. The van der Waals surface area contributed by atoms with Crippen LogP contribution in [0.1, 0.15) is 5.69 Å². The highest BCUT2D eigenvalue weighted by atomic mass is 19.4. The summed E-state index contributed by atoms with van der Waals surface area (Å²) in [5.74, 6) is 0.255. The number of hydrogen-bond acceptors (Lipinski definition) is 3. The van der Waals surface area contributed by atoms with E-state index in [1.807, 2.05) is 0 Å². The molecule has 0 aliphatic rings. The van der Waals surface area contributed by atoms with Crippen molar-refractivity contribution in [1.82, 2.24) is 4.98 Å². The minimum absolute atomic E-state index is 0.116. The van der Waals surface area contributed by atoms with Gasteiger partial charge in [-0.1, -0.05) is 6.07 Å². The topological polar surface area (TPSA) is 48.1 Å². The fourth-order valence-electron chi connectivity index (χ4n) is 1.29. The molecule has 2 aromatic rings. The van der Waals surface area contributed by atoms with Gasteiger partial charge in [0, 0.05) is 11.8 Å². The van der Waals surface area contributed by atoms with Crippen molar-refractivity contribution in [2.45, 2.75) is 6.18 Å². The van der Waals surface area contributed by atoms with E-state index in [2.05, 4.69) is 4.98 Å². The molecule has 0 spiro atoms. The molecule has 0 aliphatic heterocycles. The first-order valence-corrected chi connectivity index (χ1v) is 5.03. The van der Waals surface area contributed by atoms with E-state index in [0.29, 0.717) is 11.4 Å². The van der Waals surface area contributed by atoms with Gasteiger partial charge in [0.05, 0.1) is 0 Å². The number of nitrogens with zero attached hydrogens (tertiary/aromatic N) is 1. The van der Waals surface area contributed by atoms with Gasteiger partial charge in [0.15, 0.2) is 0 Å². The van der Waals surface area contributed by atoms with Gasteiger partial charge in [0.1, 0.15) is 11.4 Å². The number of rotatable bonds is 2. The lowest BCUT2D eigenvalue weighted by molar-refractivity contribution is -0.141. The maximum atomic E-state index is 12.4. The number of anilines is 1.